The van der Waals surface area contributed by atoms with Crippen LogP contribution in [-0.2, 0) is 15.8 Å². The molecule has 1 aromatic rings. The van der Waals surface area contributed by atoms with Crippen LogP contribution in [0.3, 0.4) is 0 Å². The number of amides is 2. The van der Waals surface area contributed by atoms with Crippen molar-refractivity contribution >= 4 is 17.5 Å². The van der Waals surface area contributed by atoms with Gasteiger partial charge in [-0.3, -0.25) is 14.5 Å². The molecule has 1 aromatic carbocycles. The average molecular weight is 333 g/mol. The number of benzene rings is 1. The molecule has 0 N–H and O–H groups in total. The van der Waals surface area contributed by atoms with Crippen LogP contribution in [0.5, 0.6) is 0 Å². The Labute approximate surface area is 136 Å². The molecule has 24 heavy (non-hydrogen) atoms. The quantitative estimate of drug-likeness (QED) is 0.584. The van der Waals surface area contributed by atoms with Crippen molar-refractivity contribution in [2.24, 2.45) is 35.5 Å². The number of halogens is 3. The summed E-state index contributed by atoms with van der Waals surface area (Å²) in [6.45, 7) is 0. The largest absolute Gasteiger partial charge is 0.416 e. The van der Waals surface area contributed by atoms with Crippen molar-refractivity contribution in [3.8, 4) is 0 Å². The maximum atomic E-state index is 12.9. The van der Waals surface area contributed by atoms with Crippen LogP contribution in [0, 0.1) is 35.5 Å². The number of anilines is 1. The summed E-state index contributed by atoms with van der Waals surface area (Å²) in [6.07, 6.45) is 0.637. The third-order valence-corrected chi connectivity index (χ3v) is 6.09. The van der Waals surface area contributed by atoms with Crippen LogP contribution in [0.4, 0.5) is 18.9 Å². The van der Waals surface area contributed by atoms with Gasteiger partial charge in [-0.15, -0.1) is 0 Å². The van der Waals surface area contributed by atoms with Gasteiger partial charge in [-0.2, -0.15) is 13.2 Å². The maximum absolute atomic E-state index is 12.9. The Bertz CT molecular complexity index is 764. The van der Waals surface area contributed by atoms with Gasteiger partial charge in [0.2, 0.25) is 11.8 Å². The number of rotatable bonds is 1. The smallest absolute Gasteiger partial charge is 0.274 e. The first-order chi connectivity index (χ1) is 11.4. The number of hydrogen-bond donors (Lipinski definition) is 0. The molecule has 1 heterocycles. The number of allylic oxidation sites excluding steroid dienone is 2. The van der Waals surface area contributed by atoms with Crippen molar-refractivity contribution in [2.75, 3.05) is 4.90 Å². The predicted molar refractivity (Wildman–Crippen MR) is 78.6 cm³/mol. The summed E-state index contributed by atoms with van der Waals surface area (Å²) in [6, 6.07) is 4.48. The highest BCUT2D eigenvalue weighted by molar-refractivity contribution is 6.22. The van der Waals surface area contributed by atoms with Gasteiger partial charge in [0, 0.05) is 0 Å². The molecule has 2 amide bonds. The van der Waals surface area contributed by atoms with Gasteiger partial charge < -0.3 is 0 Å². The molecular weight excluding hydrogens is 319 g/mol. The number of carbonyl (C=O) groups is 2. The summed E-state index contributed by atoms with van der Waals surface area (Å²) >= 11 is 0. The Morgan fingerprint density at radius 3 is 2.08 bits per heavy atom. The zero-order chi connectivity index (χ0) is 16.8. The molecule has 3 fully saturated rings. The molecule has 6 heteroatoms. The minimum atomic E-state index is -4.50. The summed E-state index contributed by atoms with van der Waals surface area (Å²) in [7, 11) is 0. The summed E-state index contributed by atoms with van der Waals surface area (Å²) in [5.41, 5.74) is -0.818. The molecule has 6 rings (SSSR count). The van der Waals surface area contributed by atoms with Crippen molar-refractivity contribution in [3.05, 3.63) is 42.0 Å². The summed E-state index contributed by atoms with van der Waals surface area (Å²) in [5, 5.41) is 0. The number of nitrogens with zero attached hydrogens (tertiary/aromatic N) is 1. The van der Waals surface area contributed by atoms with Crippen LogP contribution >= 0.6 is 0 Å². The van der Waals surface area contributed by atoms with Crippen LogP contribution < -0.4 is 4.90 Å². The van der Waals surface area contributed by atoms with E-state index in [-0.39, 0.29) is 29.3 Å². The topological polar surface area (TPSA) is 37.4 Å². The second kappa shape index (κ2) is 4.29. The van der Waals surface area contributed by atoms with E-state index in [0.29, 0.717) is 11.8 Å². The fraction of sp³-hybridized carbons (Fsp3) is 0.444. The lowest BCUT2D eigenvalue weighted by atomic mass is 9.63. The molecule has 124 valence electrons. The first kappa shape index (κ1) is 14.3. The van der Waals surface area contributed by atoms with E-state index < -0.39 is 23.6 Å². The van der Waals surface area contributed by atoms with E-state index in [1.165, 1.54) is 12.1 Å². The number of carbonyl (C=O) groups excluding carboxylic acids is 2. The van der Waals surface area contributed by atoms with E-state index >= 15 is 0 Å². The molecule has 4 aliphatic carbocycles. The van der Waals surface area contributed by atoms with Gasteiger partial charge in [0.05, 0.1) is 23.1 Å². The Morgan fingerprint density at radius 1 is 0.958 bits per heavy atom. The van der Waals surface area contributed by atoms with E-state index in [4.69, 9.17) is 0 Å². The third-order valence-electron chi connectivity index (χ3n) is 6.09. The lowest BCUT2D eigenvalue weighted by Crippen LogP contribution is -2.40. The predicted octanol–water partition coefficient (Wildman–Crippen LogP) is 3.26. The second-order valence-electron chi connectivity index (χ2n) is 7.21. The Morgan fingerprint density at radius 2 is 1.54 bits per heavy atom. The van der Waals surface area contributed by atoms with E-state index in [2.05, 4.69) is 0 Å². The molecule has 3 nitrogen and oxygen atoms in total. The fourth-order valence-corrected chi connectivity index (χ4v) is 5.03. The summed E-state index contributed by atoms with van der Waals surface area (Å²) < 4.78 is 38.8. The lowest BCUT2D eigenvalue weighted by molar-refractivity contribution is -0.137. The van der Waals surface area contributed by atoms with Crippen LogP contribution in [0.25, 0.3) is 0 Å². The number of imide groups is 1. The average Bonchev–Trinajstić information content (AvgIpc) is 3.31. The lowest BCUT2D eigenvalue weighted by Gasteiger charge is -2.37. The Kier molecular flexibility index (Phi) is 2.55. The number of alkyl halides is 3. The van der Waals surface area contributed by atoms with E-state index in [9.17, 15) is 22.8 Å². The Hall–Kier alpha value is -2.11. The van der Waals surface area contributed by atoms with Crippen molar-refractivity contribution in [1.29, 1.82) is 0 Å². The zero-order valence-corrected chi connectivity index (χ0v) is 12.5. The van der Waals surface area contributed by atoms with Gasteiger partial charge in [-0.05, 0) is 48.3 Å². The standard InChI is InChI=1S/C18H14F3NO2/c19-18(20,21)8-2-1-3-9(6-8)22-16(23)14-10-4-5-11(13-7-12(10)13)15(14)17(22)24/h1-6,10-15H,7H2/t10-,11-,12-,13+,14-,15+/m0/s1. The maximum Gasteiger partial charge on any atom is 0.416 e. The van der Waals surface area contributed by atoms with E-state index in [1.54, 1.807) is 0 Å². The van der Waals surface area contributed by atoms with Crippen molar-refractivity contribution in [3.63, 3.8) is 0 Å². The highest BCUT2D eigenvalue weighted by atomic mass is 19.4. The first-order valence-corrected chi connectivity index (χ1v) is 8.11. The van der Waals surface area contributed by atoms with Crippen LogP contribution in [0.1, 0.15) is 12.0 Å². The van der Waals surface area contributed by atoms with E-state index in [1.807, 2.05) is 12.2 Å². The van der Waals surface area contributed by atoms with Gasteiger partial charge in [0.25, 0.3) is 0 Å². The number of hydrogen-bond acceptors (Lipinski definition) is 2. The monoisotopic (exact) mass is 333 g/mol. The summed E-state index contributed by atoms with van der Waals surface area (Å²) in [5.74, 6) is -0.395. The molecule has 2 bridgehead atoms. The van der Waals surface area contributed by atoms with Crippen LogP contribution in [-0.4, -0.2) is 11.8 Å². The molecular formula is C18H14F3NO2. The van der Waals surface area contributed by atoms with Crippen molar-refractivity contribution in [1.82, 2.24) is 0 Å². The minimum absolute atomic E-state index is 0.0299. The highest BCUT2D eigenvalue weighted by Crippen LogP contribution is 2.65. The minimum Gasteiger partial charge on any atom is -0.274 e. The molecule has 1 saturated heterocycles. The molecule has 2 saturated carbocycles. The molecule has 0 unspecified atom stereocenters. The SMILES string of the molecule is O=C1[C@@H]2[C@H]3C=C[C@@H]([C@@H]4C[C@H]34)[C@@H]2C(=O)N1c1cccc(C(F)(F)F)c1. The Balaban J connectivity index is 1.55. The third kappa shape index (κ3) is 1.69. The van der Waals surface area contributed by atoms with Crippen LogP contribution in [0.15, 0.2) is 36.4 Å². The molecule has 1 aliphatic heterocycles. The van der Waals surface area contributed by atoms with Gasteiger partial charge >= 0.3 is 6.18 Å². The molecule has 0 radical (unpaired) electrons. The van der Waals surface area contributed by atoms with Crippen molar-refractivity contribution < 1.29 is 22.8 Å². The molecule has 0 aromatic heterocycles. The van der Waals surface area contributed by atoms with E-state index in [0.717, 1.165) is 23.5 Å². The van der Waals surface area contributed by atoms with Gasteiger partial charge in [0.1, 0.15) is 0 Å². The van der Waals surface area contributed by atoms with Crippen molar-refractivity contribution in [2.45, 2.75) is 12.6 Å². The second-order valence-corrected chi connectivity index (χ2v) is 7.21. The molecule has 0 spiro atoms. The first-order valence-electron chi connectivity index (χ1n) is 8.11. The highest BCUT2D eigenvalue weighted by Gasteiger charge is 2.67. The fourth-order valence-electron chi connectivity index (χ4n) is 5.03. The van der Waals surface area contributed by atoms with Gasteiger partial charge in [0.15, 0.2) is 0 Å². The van der Waals surface area contributed by atoms with Crippen LogP contribution in [0.2, 0.25) is 0 Å². The van der Waals surface area contributed by atoms with Gasteiger partial charge in [-0.1, -0.05) is 18.2 Å². The molecule has 6 atom stereocenters. The van der Waals surface area contributed by atoms with Gasteiger partial charge in [-0.25, -0.2) is 0 Å². The molecule has 5 aliphatic rings. The summed E-state index contributed by atoms with van der Waals surface area (Å²) in [4.78, 5) is 26.7. The normalized spacial score (nSPS) is 39.2. The zero-order valence-electron chi connectivity index (χ0n) is 12.5.